The summed E-state index contributed by atoms with van der Waals surface area (Å²) in [6.45, 7) is 3.83. The smallest absolute Gasteiger partial charge is 0.119 e. The summed E-state index contributed by atoms with van der Waals surface area (Å²) < 4.78 is 5.48. The second-order valence-electron chi connectivity index (χ2n) is 7.49. The van der Waals surface area contributed by atoms with Crippen LogP contribution in [0.3, 0.4) is 0 Å². The van der Waals surface area contributed by atoms with Crippen LogP contribution in [-0.2, 0) is 5.41 Å². The van der Waals surface area contributed by atoms with E-state index in [4.69, 9.17) is 4.74 Å². The molecular formula is C20H27NO. The van der Waals surface area contributed by atoms with Crippen LogP contribution in [0.5, 0.6) is 5.75 Å². The van der Waals surface area contributed by atoms with Gasteiger partial charge in [0.25, 0.3) is 0 Å². The van der Waals surface area contributed by atoms with Crippen LogP contribution in [0.2, 0.25) is 0 Å². The molecular weight excluding hydrogens is 270 g/mol. The average Bonchev–Trinajstić information content (AvgIpc) is 2.90. The molecule has 0 radical (unpaired) electrons. The summed E-state index contributed by atoms with van der Waals surface area (Å²) in [5.74, 6) is 2.73. The Hall–Kier alpha value is -1.28. The molecule has 0 bridgehead atoms. The highest BCUT2D eigenvalue weighted by atomic mass is 16.5. The van der Waals surface area contributed by atoms with Gasteiger partial charge in [-0.05, 0) is 55.2 Å². The van der Waals surface area contributed by atoms with Crippen molar-refractivity contribution in [3.63, 3.8) is 0 Å². The third-order valence-electron chi connectivity index (χ3n) is 6.22. The van der Waals surface area contributed by atoms with Gasteiger partial charge in [-0.2, -0.15) is 0 Å². The molecule has 118 valence electrons. The SMILES string of the molecule is COc1cccc([C@]23CC=CC[C@@H]2CN(CC2CCC2)C3)c1. The Balaban J connectivity index is 1.61. The first-order valence-electron chi connectivity index (χ1n) is 8.82. The van der Waals surface area contributed by atoms with Crippen molar-refractivity contribution in [3.8, 4) is 5.75 Å². The standard InChI is InChI=1S/C20H27NO/c1-22-19-10-5-9-17(12-19)20-11-3-2-8-18(20)14-21(15-20)13-16-6-4-7-16/h2-3,5,9-10,12,16,18H,4,6-8,11,13-15H2,1H3/t18-,20-/m1/s1. The van der Waals surface area contributed by atoms with E-state index in [1.165, 1.54) is 57.3 Å². The van der Waals surface area contributed by atoms with Crippen LogP contribution < -0.4 is 4.74 Å². The van der Waals surface area contributed by atoms with E-state index in [0.29, 0.717) is 5.41 Å². The van der Waals surface area contributed by atoms with Crippen molar-refractivity contribution in [2.75, 3.05) is 26.7 Å². The summed E-state index contributed by atoms with van der Waals surface area (Å²) in [7, 11) is 1.77. The number of allylic oxidation sites excluding steroid dienone is 2. The number of nitrogens with zero attached hydrogens (tertiary/aromatic N) is 1. The van der Waals surface area contributed by atoms with E-state index >= 15 is 0 Å². The lowest BCUT2D eigenvalue weighted by Gasteiger charge is -2.37. The molecule has 3 aliphatic rings. The zero-order valence-corrected chi connectivity index (χ0v) is 13.6. The summed E-state index contributed by atoms with van der Waals surface area (Å²) >= 11 is 0. The molecule has 1 aromatic rings. The van der Waals surface area contributed by atoms with Gasteiger partial charge in [-0.3, -0.25) is 0 Å². The van der Waals surface area contributed by atoms with Crippen molar-refractivity contribution in [2.45, 2.75) is 37.5 Å². The second-order valence-corrected chi connectivity index (χ2v) is 7.49. The number of hydrogen-bond acceptors (Lipinski definition) is 2. The molecule has 2 nitrogen and oxygen atoms in total. The van der Waals surface area contributed by atoms with Gasteiger partial charge in [0.05, 0.1) is 7.11 Å². The number of rotatable bonds is 4. The third kappa shape index (κ3) is 2.38. The predicted octanol–water partition coefficient (Wildman–Crippen LogP) is 4.01. The quantitative estimate of drug-likeness (QED) is 0.778. The Labute approximate surface area is 134 Å². The van der Waals surface area contributed by atoms with Crippen molar-refractivity contribution >= 4 is 0 Å². The maximum absolute atomic E-state index is 5.48. The van der Waals surface area contributed by atoms with Crippen LogP contribution in [0, 0.1) is 11.8 Å². The van der Waals surface area contributed by atoms with Gasteiger partial charge in [-0.15, -0.1) is 0 Å². The van der Waals surface area contributed by atoms with Gasteiger partial charge in [0.2, 0.25) is 0 Å². The number of likely N-dealkylation sites (tertiary alicyclic amines) is 1. The fourth-order valence-electron chi connectivity index (χ4n) is 4.72. The summed E-state index contributed by atoms with van der Waals surface area (Å²) in [6.07, 6.45) is 11.6. The highest BCUT2D eigenvalue weighted by molar-refractivity contribution is 5.38. The molecule has 1 saturated heterocycles. The van der Waals surface area contributed by atoms with E-state index in [-0.39, 0.29) is 0 Å². The largest absolute Gasteiger partial charge is 0.497 e. The minimum Gasteiger partial charge on any atom is -0.497 e. The molecule has 1 heterocycles. The Morgan fingerprint density at radius 1 is 1.27 bits per heavy atom. The van der Waals surface area contributed by atoms with Gasteiger partial charge in [-0.25, -0.2) is 0 Å². The van der Waals surface area contributed by atoms with Gasteiger partial charge < -0.3 is 9.64 Å². The normalized spacial score (nSPS) is 31.8. The first-order valence-corrected chi connectivity index (χ1v) is 8.82. The third-order valence-corrected chi connectivity index (χ3v) is 6.22. The number of benzene rings is 1. The molecule has 2 heteroatoms. The van der Waals surface area contributed by atoms with Gasteiger partial charge in [-0.1, -0.05) is 30.7 Å². The van der Waals surface area contributed by atoms with Crippen LogP contribution in [-0.4, -0.2) is 31.6 Å². The van der Waals surface area contributed by atoms with E-state index in [1.54, 1.807) is 7.11 Å². The van der Waals surface area contributed by atoms with Crippen molar-refractivity contribution < 1.29 is 4.74 Å². The van der Waals surface area contributed by atoms with Gasteiger partial charge in [0, 0.05) is 25.0 Å². The lowest BCUT2D eigenvalue weighted by Crippen LogP contribution is -2.37. The monoisotopic (exact) mass is 297 g/mol. The van der Waals surface area contributed by atoms with E-state index < -0.39 is 0 Å². The average molecular weight is 297 g/mol. The van der Waals surface area contributed by atoms with Crippen molar-refractivity contribution in [1.82, 2.24) is 4.90 Å². The van der Waals surface area contributed by atoms with E-state index in [1.807, 2.05) is 0 Å². The van der Waals surface area contributed by atoms with Crippen molar-refractivity contribution in [2.24, 2.45) is 11.8 Å². The van der Waals surface area contributed by atoms with Crippen LogP contribution in [0.15, 0.2) is 36.4 Å². The first kappa shape index (κ1) is 14.3. The fraction of sp³-hybridized carbons (Fsp3) is 0.600. The lowest BCUT2D eigenvalue weighted by molar-refractivity contribution is 0.196. The maximum atomic E-state index is 5.48. The van der Waals surface area contributed by atoms with Crippen molar-refractivity contribution in [1.29, 1.82) is 0 Å². The molecule has 1 aromatic carbocycles. The van der Waals surface area contributed by atoms with Gasteiger partial charge in [0.1, 0.15) is 5.75 Å². The minimum absolute atomic E-state index is 0.313. The summed E-state index contributed by atoms with van der Waals surface area (Å²) in [5, 5.41) is 0. The van der Waals surface area contributed by atoms with Crippen molar-refractivity contribution in [3.05, 3.63) is 42.0 Å². The Morgan fingerprint density at radius 3 is 2.95 bits per heavy atom. The Bertz CT molecular complexity index is 563. The van der Waals surface area contributed by atoms with Crippen LogP contribution in [0.4, 0.5) is 0 Å². The van der Waals surface area contributed by atoms with Gasteiger partial charge >= 0.3 is 0 Å². The molecule has 0 amide bonds. The molecule has 22 heavy (non-hydrogen) atoms. The summed E-state index contributed by atoms with van der Waals surface area (Å²) in [4.78, 5) is 2.75. The molecule has 2 atom stereocenters. The highest BCUT2D eigenvalue weighted by Crippen LogP contribution is 2.47. The molecule has 4 rings (SSSR count). The first-order chi connectivity index (χ1) is 10.8. The lowest BCUT2D eigenvalue weighted by atomic mass is 9.67. The van der Waals surface area contributed by atoms with E-state index in [9.17, 15) is 0 Å². The fourth-order valence-corrected chi connectivity index (χ4v) is 4.72. The minimum atomic E-state index is 0.313. The summed E-state index contributed by atoms with van der Waals surface area (Å²) in [6, 6.07) is 8.82. The Kier molecular flexibility index (Phi) is 3.73. The molecule has 1 aliphatic heterocycles. The maximum Gasteiger partial charge on any atom is 0.119 e. The second kappa shape index (κ2) is 5.73. The number of fused-ring (bicyclic) bond motifs is 1. The molecule has 2 fully saturated rings. The number of ether oxygens (including phenoxy) is 1. The number of hydrogen-bond donors (Lipinski definition) is 0. The molecule has 0 aromatic heterocycles. The predicted molar refractivity (Wildman–Crippen MR) is 90.3 cm³/mol. The van der Waals surface area contributed by atoms with Gasteiger partial charge in [0.15, 0.2) is 0 Å². The number of methoxy groups -OCH3 is 1. The topological polar surface area (TPSA) is 12.5 Å². The van der Waals surface area contributed by atoms with E-state index in [2.05, 4.69) is 41.3 Å². The van der Waals surface area contributed by atoms with Crippen LogP contribution in [0.25, 0.3) is 0 Å². The highest BCUT2D eigenvalue weighted by Gasteiger charge is 2.47. The van der Waals surface area contributed by atoms with Crippen LogP contribution in [0.1, 0.15) is 37.7 Å². The molecule has 0 spiro atoms. The van der Waals surface area contributed by atoms with Crippen LogP contribution >= 0.6 is 0 Å². The summed E-state index contributed by atoms with van der Waals surface area (Å²) in [5.41, 5.74) is 1.80. The molecule has 0 N–H and O–H groups in total. The molecule has 2 aliphatic carbocycles. The van der Waals surface area contributed by atoms with E-state index in [0.717, 1.165) is 17.6 Å². The zero-order chi connectivity index (χ0) is 15.0. The zero-order valence-electron chi connectivity index (χ0n) is 13.6. The molecule has 1 saturated carbocycles. The Morgan fingerprint density at radius 2 is 2.18 bits per heavy atom. The molecule has 0 unspecified atom stereocenters.